The maximum Gasteiger partial charge on any atom is 0.180 e. The highest BCUT2D eigenvalue weighted by molar-refractivity contribution is 6.31. The van der Waals surface area contributed by atoms with Crippen LogP contribution in [0, 0.1) is 0 Å². The second kappa shape index (κ2) is 4.53. The van der Waals surface area contributed by atoms with E-state index in [-0.39, 0.29) is 0 Å². The maximum absolute atomic E-state index is 10.3. The third-order valence-corrected chi connectivity index (χ3v) is 1.23. The number of ketones is 1. The first-order valence-electron chi connectivity index (χ1n) is 3.17. The molecule has 74 valence electrons. The molecule has 0 fully saturated rings. The molecule has 0 heterocycles. The minimum Gasteiger partial charge on any atom is -0.547 e. The van der Waals surface area contributed by atoms with Crippen molar-refractivity contribution >= 4 is 17.7 Å². The van der Waals surface area contributed by atoms with Crippen LogP contribution in [0.15, 0.2) is 0 Å². The van der Waals surface area contributed by atoms with Crippen molar-refractivity contribution in [1.29, 1.82) is 0 Å². The predicted molar refractivity (Wildman–Crippen MR) is 31.7 cm³/mol. The van der Waals surface area contributed by atoms with Gasteiger partial charge < -0.3 is 30.0 Å². The number of carbonyl (C=O) groups excluding carboxylic acids is 3. The van der Waals surface area contributed by atoms with Gasteiger partial charge in [0.2, 0.25) is 0 Å². The van der Waals surface area contributed by atoms with Gasteiger partial charge in [-0.2, -0.15) is 0 Å². The van der Waals surface area contributed by atoms with Gasteiger partial charge in [-0.3, -0.25) is 4.79 Å². The summed E-state index contributed by atoms with van der Waals surface area (Å²) in [4.78, 5) is 30.0. The quantitative estimate of drug-likeness (QED) is 0.414. The number of aliphatic hydroxyl groups is 2. The first-order chi connectivity index (χ1) is 5.86. The molecule has 2 N–H and O–H groups in total. The number of aliphatic hydroxyl groups excluding tert-OH is 2. The van der Waals surface area contributed by atoms with E-state index in [0.717, 1.165) is 0 Å². The van der Waals surface area contributed by atoms with E-state index in [9.17, 15) is 24.6 Å². The molecule has 0 aromatic heterocycles. The summed E-state index contributed by atoms with van der Waals surface area (Å²) in [5.74, 6) is -5.53. The topological polar surface area (TPSA) is 138 Å². The van der Waals surface area contributed by atoms with Crippen molar-refractivity contribution < 1.29 is 34.8 Å². The van der Waals surface area contributed by atoms with Gasteiger partial charge in [-0.25, -0.2) is 0 Å². The van der Waals surface area contributed by atoms with Gasteiger partial charge in [0.1, 0.15) is 12.1 Å². The highest BCUT2D eigenvalue weighted by Crippen LogP contribution is 1.98. The van der Waals surface area contributed by atoms with Crippen molar-refractivity contribution in [2.75, 3.05) is 0 Å². The number of carboxylic acid groups (broad SMARTS) is 2. The Hall–Kier alpha value is -1.47. The summed E-state index contributed by atoms with van der Waals surface area (Å²) < 4.78 is 0. The molecule has 0 bridgehead atoms. The third-order valence-electron chi connectivity index (χ3n) is 1.23. The zero-order valence-corrected chi connectivity index (χ0v) is 6.30. The van der Waals surface area contributed by atoms with Crippen molar-refractivity contribution in [3.63, 3.8) is 0 Å². The molecule has 13 heavy (non-hydrogen) atoms. The Bertz CT molecular complexity index is 233. The zero-order valence-electron chi connectivity index (χ0n) is 6.30. The summed E-state index contributed by atoms with van der Waals surface area (Å²) in [6.07, 6.45) is -5.32. The molecule has 0 aliphatic carbocycles. The van der Waals surface area contributed by atoms with Crippen LogP contribution in [0.1, 0.15) is 6.42 Å². The molecule has 0 unspecified atom stereocenters. The van der Waals surface area contributed by atoms with Crippen molar-refractivity contribution in [1.82, 2.24) is 0 Å². The van der Waals surface area contributed by atoms with Gasteiger partial charge in [-0.1, -0.05) is 0 Å². The third kappa shape index (κ3) is 3.63. The molecule has 0 aliphatic rings. The van der Waals surface area contributed by atoms with E-state index in [1.807, 2.05) is 0 Å². The Morgan fingerprint density at radius 2 is 1.62 bits per heavy atom. The number of Topliss-reactive ketones (excluding diaryl/α,β-unsaturated/α-hetero) is 1. The summed E-state index contributed by atoms with van der Waals surface area (Å²) >= 11 is 0. The van der Waals surface area contributed by atoms with Gasteiger partial charge in [0.05, 0.1) is 12.1 Å². The molecule has 0 saturated heterocycles. The van der Waals surface area contributed by atoms with E-state index < -0.39 is 36.4 Å². The van der Waals surface area contributed by atoms with E-state index in [1.165, 1.54) is 0 Å². The molecule has 2 atom stereocenters. The predicted octanol–water partition coefficient (Wildman–Crippen LogP) is -4.83. The normalized spacial score (nSPS) is 14.6. The first-order valence-corrected chi connectivity index (χ1v) is 3.17. The van der Waals surface area contributed by atoms with Crippen LogP contribution in [0.25, 0.3) is 0 Å². The average Bonchev–Trinajstić information content (AvgIpc) is 2.02. The van der Waals surface area contributed by atoms with Gasteiger partial charge in [0.15, 0.2) is 5.78 Å². The molecule has 0 spiro atoms. The minimum atomic E-state index is -2.29. The molecular weight excluding hydrogens is 184 g/mol. The summed E-state index contributed by atoms with van der Waals surface area (Å²) in [7, 11) is 0. The fourth-order valence-electron chi connectivity index (χ4n) is 0.542. The van der Waals surface area contributed by atoms with E-state index in [2.05, 4.69) is 0 Å². The van der Waals surface area contributed by atoms with Gasteiger partial charge in [0.25, 0.3) is 0 Å². The molecule has 7 nitrogen and oxygen atoms in total. The Balaban J connectivity index is 4.15. The highest BCUT2D eigenvalue weighted by atomic mass is 16.4. The Morgan fingerprint density at radius 1 is 1.15 bits per heavy atom. The Morgan fingerprint density at radius 3 is 1.92 bits per heavy atom. The number of rotatable bonds is 5. The van der Waals surface area contributed by atoms with Crippen LogP contribution >= 0.6 is 0 Å². The number of aliphatic carboxylic acids is 2. The van der Waals surface area contributed by atoms with Crippen LogP contribution in [-0.4, -0.2) is 40.1 Å². The molecule has 0 aromatic carbocycles. The molecule has 0 saturated carbocycles. The minimum absolute atomic E-state index is 1.03. The Labute approximate surface area is 72.2 Å². The molecule has 0 rings (SSSR count). The fraction of sp³-hybridized carbons (Fsp3) is 0.500. The second-order valence-corrected chi connectivity index (χ2v) is 2.25. The van der Waals surface area contributed by atoms with Crippen LogP contribution in [0.2, 0.25) is 0 Å². The van der Waals surface area contributed by atoms with Crippen molar-refractivity contribution in [3.05, 3.63) is 0 Å². The van der Waals surface area contributed by atoms with Gasteiger partial charge in [-0.15, -0.1) is 0 Å². The molecule has 0 aromatic rings. The number of carboxylic acids is 2. The lowest BCUT2D eigenvalue weighted by Gasteiger charge is -2.17. The second-order valence-electron chi connectivity index (χ2n) is 2.25. The van der Waals surface area contributed by atoms with E-state index in [1.54, 1.807) is 0 Å². The van der Waals surface area contributed by atoms with Crippen LogP contribution in [0.5, 0.6) is 0 Å². The lowest BCUT2D eigenvalue weighted by atomic mass is 10.1. The maximum atomic E-state index is 10.3. The van der Waals surface area contributed by atoms with Crippen molar-refractivity contribution in [3.8, 4) is 0 Å². The summed E-state index contributed by atoms with van der Waals surface area (Å²) in [5.41, 5.74) is 0. The van der Waals surface area contributed by atoms with E-state index >= 15 is 0 Å². The van der Waals surface area contributed by atoms with E-state index in [0.29, 0.717) is 0 Å². The van der Waals surface area contributed by atoms with Crippen molar-refractivity contribution in [2.24, 2.45) is 0 Å². The van der Waals surface area contributed by atoms with Crippen molar-refractivity contribution in [2.45, 2.75) is 18.6 Å². The smallest absolute Gasteiger partial charge is 0.180 e. The van der Waals surface area contributed by atoms with E-state index in [4.69, 9.17) is 10.2 Å². The van der Waals surface area contributed by atoms with Crippen LogP contribution in [-0.2, 0) is 14.4 Å². The molecule has 0 aliphatic heterocycles. The SMILES string of the molecule is O=C([O-])C(=O)C[C@H](O)[C@H](O)C(=O)[O-]. The molecule has 7 heteroatoms. The lowest BCUT2D eigenvalue weighted by molar-refractivity contribution is -0.318. The number of hydrogen-bond acceptors (Lipinski definition) is 7. The standard InChI is InChI=1S/C6H8O7/c7-2(4(9)6(12)13)1-3(8)5(10)11/h2,4,7,9H,1H2,(H,10,11)(H,12,13)/p-2/t2-,4-/m0/s1. The van der Waals surface area contributed by atoms with Gasteiger partial charge in [0, 0.05) is 6.42 Å². The Kier molecular flexibility index (Phi) is 4.02. The van der Waals surface area contributed by atoms with Crippen LogP contribution < -0.4 is 10.2 Å². The molecular formula is C6H6O7-2. The lowest BCUT2D eigenvalue weighted by Crippen LogP contribution is -2.45. The summed E-state index contributed by atoms with van der Waals surface area (Å²) in [6, 6.07) is 0. The average molecular weight is 190 g/mol. The number of hydrogen-bond donors (Lipinski definition) is 2. The monoisotopic (exact) mass is 190 g/mol. The highest BCUT2D eigenvalue weighted by Gasteiger charge is 2.20. The summed E-state index contributed by atoms with van der Waals surface area (Å²) in [6.45, 7) is 0. The summed E-state index contributed by atoms with van der Waals surface area (Å²) in [5, 5.41) is 37.0. The van der Waals surface area contributed by atoms with Crippen LogP contribution in [0.4, 0.5) is 0 Å². The largest absolute Gasteiger partial charge is 0.547 e. The first kappa shape index (κ1) is 11.5. The fourth-order valence-corrected chi connectivity index (χ4v) is 0.542. The van der Waals surface area contributed by atoms with Gasteiger partial charge in [-0.05, 0) is 0 Å². The number of carbonyl (C=O) groups is 3. The molecule has 0 amide bonds. The van der Waals surface area contributed by atoms with Gasteiger partial charge >= 0.3 is 0 Å². The molecule has 0 radical (unpaired) electrons. The zero-order chi connectivity index (χ0) is 10.6. The van der Waals surface area contributed by atoms with Crippen LogP contribution in [0.3, 0.4) is 0 Å².